The Hall–Kier alpha value is -2.27. The summed E-state index contributed by atoms with van der Waals surface area (Å²) in [7, 11) is 0. The summed E-state index contributed by atoms with van der Waals surface area (Å²) < 4.78 is 5.24. The molecule has 1 aliphatic heterocycles. The van der Waals surface area contributed by atoms with Gasteiger partial charge in [-0.3, -0.25) is 9.69 Å². The molecule has 124 valence electrons. The second kappa shape index (κ2) is 7.53. The fraction of sp³-hybridized carbons (Fsp3) is 0.263. The van der Waals surface area contributed by atoms with Crippen LogP contribution in [0.1, 0.15) is 24.7 Å². The highest BCUT2D eigenvalue weighted by Gasteiger charge is 2.32. The Labute approximate surface area is 146 Å². The van der Waals surface area contributed by atoms with Gasteiger partial charge in [-0.2, -0.15) is 0 Å². The summed E-state index contributed by atoms with van der Waals surface area (Å²) >= 11 is 1.63. The molecule has 1 aromatic carbocycles. The number of hydrogen-bond acceptors (Lipinski definition) is 4. The van der Waals surface area contributed by atoms with E-state index in [2.05, 4.69) is 6.92 Å². The summed E-state index contributed by atoms with van der Waals surface area (Å²) in [5.74, 6) is 1.48. The number of furan rings is 1. The Kier molecular flexibility index (Phi) is 5.20. The summed E-state index contributed by atoms with van der Waals surface area (Å²) in [6.07, 6.45) is 5.75. The molecule has 2 heterocycles. The SMILES string of the molecule is CC[C@H]1CSC(=Nc2cccc(C)c2)N1C(=O)/C=C/c1ccco1. The number of hydrogen-bond donors (Lipinski definition) is 0. The summed E-state index contributed by atoms with van der Waals surface area (Å²) in [4.78, 5) is 19.2. The van der Waals surface area contributed by atoms with E-state index in [1.807, 2.05) is 37.3 Å². The lowest BCUT2D eigenvalue weighted by Crippen LogP contribution is -2.37. The standard InChI is InChI=1S/C19H20N2O2S/c1-3-16-13-24-19(20-15-7-4-6-14(2)12-15)21(16)18(22)10-9-17-8-5-11-23-17/h4-12,16H,3,13H2,1-2H3/b10-9+,20-19?/t16-/m0/s1. The summed E-state index contributed by atoms with van der Waals surface area (Å²) in [5, 5.41) is 0.765. The Bertz CT molecular complexity index is 765. The number of aryl methyl sites for hydroxylation is 1. The van der Waals surface area contributed by atoms with Crippen molar-refractivity contribution in [3.8, 4) is 0 Å². The molecule has 0 unspecified atom stereocenters. The average Bonchev–Trinajstić information content (AvgIpc) is 3.22. The number of carbonyl (C=O) groups is 1. The molecule has 4 nitrogen and oxygen atoms in total. The maximum atomic E-state index is 12.7. The zero-order valence-electron chi connectivity index (χ0n) is 13.8. The summed E-state index contributed by atoms with van der Waals surface area (Å²) in [6.45, 7) is 4.13. The van der Waals surface area contributed by atoms with Crippen molar-refractivity contribution >= 4 is 34.6 Å². The third-order valence-corrected chi connectivity index (χ3v) is 4.94. The highest BCUT2D eigenvalue weighted by atomic mass is 32.2. The topological polar surface area (TPSA) is 45.8 Å². The summed E-state index contributed by atoms with van der Waals surface area (Å²) in [5.41, 5.74) is 2.03. The second-order valence-corrected chi connectivity index (χ2v) is 6.65. The van der Waals surface area contributed by atoms with E-state index in [0.717, 1.165) is 28.6 Å². The average molecular weight is 340 g/mol. The van der Waals surface area contributed by atoms with Crippen molar-refractivity contribution in [2.24, 2.45) is 4.99 Å². The van der Waals surface area contributed by atoms with Crippen LogP contribution in [0, 0.1) is 6.92 Å². The molecule has 0 radical (unpaired) electrons. The number of thioether (sulfide) groups is 1. The predicted octanol–water partition coefficient (Wildman–Crippen LogP) is 4.64. The van der Waals surface area contributed by atoms with Crippen molar-refractivity contribution in [3.63, 3.8) is 0 Å². The van der Waals surface area contributed by atoms with Crippen LogP contribution in [-0.4, -0.2) is 27.8 Å². The molecule has 0 saturated carbocycles. The molecule has 3 rings (SSSR count). The van der Waals surface area contributed by atoms with E-state index in [9.17, 15) is 4.79 Å². The molecule has 0 bridgehead atoms. The first-order valence-electron chi connectivity index (χ1n) is 8.00. The summed E-state index contributed by atoms with van der Waals surface area (Å²) in [6, 6.07) is 11.8. The number of aliphatic imine (C=N–C) groups is 1. The normalized spacial score (nSPS) is 19.5. The quantitative estimate of drug-likeness (QED) is 0.762. The number of rotatable bonds is 4. The smallest absolute Gasteiger partial charge is 0.252 e. The van der Waals surface area contributed by atoms with Crippen LogP contribution in [0.15, 0.2) is 58.1 Å². The van der Waals surface area contributed by atoms with Gasteiger partial charge in [-0.15, -0.1) is 0 Å². The highest BCUT2D eigenvalue weighted by Crippen LogP contribution is 2.29. The molecule has 0 N–H and O–H groups in total. The Morgan fingerprint density at radius 2 is 2.29 bits per heavy atom. The van der Waals surface area contributed by atoms with Gasteiger partial charge in [-0.25, -0.2) is 4.99 Å². The monoisotopic (exact) mass is 340 g/mol. The van der Waals surface area contributed by atoms with E-state index in [1.165, 1.54) is 0 Å². The van der Waals surface area contributed by atoms with Crippen LogP contribution in [0.3, 0.4) is 0 Å². The van der Waals surface area contributed by atoms with Crippen molar-refractivity contribution < 1.29 is 9.21 Å². The lowest BCUT2D eigenvalue weighted by atomic mass is 10.2. The second-order valence-electron chi connectivity index (χ2n) is 5.66. The van der Waals surface area contributed by atoms with Gasteiger partial charge in [0.1, 0.15) is 5.76 Å². The zero-order valence-corrected chi connectivity index (χ0v) is 14.6. The van der Waals surface area contributed by atoms with Crippen LogP contribution in [0.25, 0.3) is 6.08 Å². The minimum Gasteiger partial charge on any atom is -0.465 e. The van der Waals surface area contributed by atoms with E-state index in [1.54, 1.807) is 41.1 Å². The molecule has 24 heavy (non-hydrogen) atoms. The minimum atomic E-state index is -0.0605. The molecule has 0 spiro atoms. The number of carbonyl (C=O) groups excluding carboxylic acids is 1. The zero-order chi connectivity index (χ0) is 16.9. The van der Waals surface area contributed by atoms with E-state index in [-0.39, 0.29) is 11.9 Å². The van der Waals surface area contributed by atoms with E-state index < -0.39 is 0 Å². The number of benzene rings is 1. The van der Waals surface area contributed by atoms with Gasteiger partial charge in [0.05, 0.1) is 12.0 Å². The molecule has 5 heteroatoms. The number of amides is 1. The van der Waals surface area contributed by atoms with Crippen molar-refractivity contribution in [2.45, 2.75) is 26.3 Å². The van der Waals surface area contributed by atoms with E-state index in [0.29, 0.717) is 5.76 Å². The van der Waals surface area contributed by atoms with Gasteiger partial charge < -0.3 is 4.42 Å². The van der Waals surface area contributed by atoms with E-state index >= 15 is 0 Å². The molecule has 1 fully saturated rings. The van der Waals surface area contributed by atoms with Crippen molar-refractivity contribution in [1.29, 1.82) is 0 Å². The van der Waals surface area contributed by atoms with Gasteiger partial charge in [0, 0.05) is 17.9 Å². The minimum absolute atomic E-state index is 0.0605. The third-order valence-electron chi connectivity index (χ3n) is 3.84. The molecular formula is C19H20N2O2S. The maximum Gasteiger partial charge on any atom is 0.252 e. The van der Waals surface area contributed by atoms with Crippen LogP contribution in [-0.2, 0) is 4.79 Å². The maximum absolute atomic E-state index is 12.7. The molecular weight excluding hydrogens is 320 g/mol. The lowest BCUT2D eigenvalue weighted by Gasteiger charge is -2.21. The van der Waals surface area contributed by atoms with Gasteiger partial charge in [0.25, 0.3) is 5.91 Å². The number of amidine groups is 1. The van der Waals surface area contributed by atoms with Crippen LogP contribution in [0.4, 0.5) is 5.69 Å². The third kappa shape index (κ3) is 3.79. The van der Waals surface area contributed by atoms with Crippen molar-refractivity contribution in [2.75, 3.05) is 5.75 Å². The molecule has 1 aliphatic rings. The Morgan fingerprint density at radius 1 is 1.42 bits per heavy atom. The van der Waals surface area contributed by atoms with Gasteiger partial charge in [-0.05, 0) is 49.2 Å². The molecule has 1 atom stereocenters. The van der Waals surface area contributed by atoms with Crippen LogP contribution >= 0.6 is 11.8 Å². The van der Waals surface area contributed by atoms with Crippen molar-refractivity contribution in [3.05, 3.63) is 60.1 Å². The van der Waals surface area contributed by atoms with Gasteiger partial charge in [-0.1, -0.05) is 30.8 Å². The molecule has 1 aromatic heterocycles. The fourth-order valence-electron chi connectivity index (χ4n) is 2.56. The molecule has 2 aromatic rings. The molecule has 1 amide bonds. The first-order valence-corrected chi connectivity index (χ1v) is 8.99. The first-order chi connectivity index (χ1) is 11.7. The van der Waals surface area contributed by atoms with Crippen molar-refractivity contribution in [1.82, 2.24) is 4.90 Å². The van der Waals surface area contributed by atoms with Crippen LogP contribution < -0.4 is 0 Å². The van der Waals surface area contributed by atoms with E-state index in [4.69, 9.17) is 9.41 Å². The number of nitrogens with zero attached hydrogens (tertiary/aromatic N) is 2. The first kappa shape index (κ1) is 16.6. The molecule has 0 aliphatic carbocycles. The van der Waals surface area contributed by atoms with Gasteiger partial charge in [0.15, 0.2) is 5.17 Å². The van der Waals surface area contributed by atoms with Crippen LogP contribution in [0.2, 0.25) is 0 Å². The van der Waals surface area contributed by atoms with Crippen LogP contribution in [0.5, 0.6) is 0 Å². The highest BCUT2D eigenvalue weighted by molar-refractivity contribution is 8.14. The lowest BCUT2D eigenvalue weighted by molar-refractivity contribution is -0.123. The van der Waals surface area contributed by atoms with Gasteiger partial charge >= 0.3 is 0 Å². The predicted molar refractivity (Wildman–Crippen MR) is 99.4 cm³/mol. The largest absolute Gasteiger partial charge is 0.465 e. The van der Waals surface area contributed by atoms with Gasteiger partial charge in [0.2, 0.25) is 0 Å². The Morgan fingerprint density at radius 3 is 3.00 bits per heavy atom. The Balaban J connectivity index is 1.84. The molecule has 1 saturated heterocycles. The fourth-order valence-corrected chi connectivity index (χ4v) is 3.83.